The molecule has 0 aliphatic heterocycles. The average Bonchev–Trinajstić information content (AvgIpc) is 3.42. The van der Waals surface area contributed by atoms with Crippen LogP contribution < -0.4 is 0 Å². The number of rotatable bonds is 12. The number of hydrogen-bond donors (Lipinski definition) is 0. The van der Waals surface area contributed by atoms with Crippen LogP contribution in [0, 0.1) is 23.1 Å². The smallest absolute Gasteiger partial charge is 0.417 e. The van der Waals surface area contributed by atoms with Crippen molar-refractivity contribution in [3.8, 4) is 6.07 Å². The molecule has 10 heteroatoms. The minimum atomic E-state index is -4.99. The van der Waals surface area contributed by atoms with E-state index in [4.69, 9.17) is 4.74 Å². The Morgan fingerprint density at radius 2 is 1.78 bits per heavy atom. The molecule has 0 saturated carbocycles. The van der Waals surface area contributed by atoms with E-state index >= 15 is 22.0 Å². The zero-order chi connectivity index (χ0) is 34.5. The van der Waals surface area contributed by atoms with Crippen molar-refractivity contribution in [2.24, 2.45) is 10.9 Å². The first-order valence-electron chi connectivity index (χ1n) is 15.8. The predicted molar refractivity (Wildman–Crippen MR) is 179 cm³/mol. The van der Waals surface area contributed by atoms with Gasteiger partial charge in [-0.3, -0.25) is 0 Å². The SMILES string of the molecule is CC/C=C(/N=C1/C(F)=C(c2ccc(F)c3sc(C(C)C)c(C#N)c23)C(C(F)(F)F)=C/C1=C(/C)N(C)C(CC)CCC(C)CC)OC. The van der Waals surface area contributed by atoms with Crippen LogP contribution >= 0.6 is 11.3 Å². The van der Waals surface area contributed by atoms with Gasteiger partial charge in [-0.1, -0.05) is 54.0 Å². The van der Waals surface area contributed by atoms with Crippen molar-refractivity contribution >= 4 is 32.7 Å². The van der Waals surface area contributed by atoms with Gasteiger partial charge in [-0.15, -0.1) is 11.3 Å². The molecule has 0 fully saturated rings. The van der Waals surface area contributed by atoms with Gasteiger partial charge in [0.05, 0.1) is 22.9 Å². The van der Waals surface area contributed by atoms with E-state index in [-0.39, 0.29) is 50.3 Å². The molecule has 0 saturated heterocycles. The molecule has 0 bridgehead atoms. The van der Waals surface area contributed by atoms with Gasteiger partial charge in [-0.2, -0.15) is 18.4 Å². The third kappa shape index (κ3) is 7.57. The summed E-state index contributed by atoms with van der Waals surface area (Å²) in [6.07, 6.45) is 1.56. The van der Waals surface area contributed by atoms with E-state index in [0.29, 0.717) is 22.9 Å². The molecule has 3 rings (SSSR count). The lowest BCUT2D eigenvalue weighted by Gasteiger charge is -2.33. The molecule has 1 aliphatic rings. The zero-order valence-electron chi connectivity index (χ0n) is 28.1. The van der Waals surface area contributed by atoms with Crippen molar-refractivity contribution in [2.75, 3.05) is 14.2 Å². The molecule has 2 aromatic rings. The fraction of sp³-hybridized carbons (Fsp3) is 0.500. The largest absolute Gasteiger partial charge is 0.481 e. The van der Waals surface area contributed by atoms with E-state index in [0.717, 1.165) is 55.2 Å². The Bertz CT molecular complexity index is 1640. The average molecular weight is 662 g/mol. The monoisotopic (exact) mass is 661 g/mol. The lowest BCUT2D eigenvalue weighted by atomic mass is 9.84. The lowest BCUT2D eigenvalue weighted by Crippen LogP contribution is -2.32. The molecule has 1 aliphatic carbocycles. The molecule has 250 valence electrons. The summed E-state index contributed by atoms with van der Waals surface area (Å²) in [4.78, 5) is 6.86. The number of ether oxygens (including phenoxy) is 1. The number of thiophene rings is 1. The molecular formula is C36H44F5N3OS. The Labute approximate surface area is 273 Å². The molecule has 1 heterocycles. The van der Waals surface area contributed by atoms with Gasteiger partial charge in [0.25, 0.3) is 0 Å². The van der Waals surface area contributed by atoms with Crippen molar-refractivity contribution in [1.29, 1.82) is 5.26 Å². The quantitative estimate of drug-likeness (QED) is 0.168. The molecular weight excluding hydrogens is 617 g/mol. The van der Waals surface area contributed by atoms with Crippen molar-refractivity contribution < 1.29 is 26.7 Å². The van der Waals surface area contributed by atoms with Crippen molar-refractivity contribution in [3.05, 3.63) is 74.7 Å². The lowest BCUT2D eigenvalue weighted by molar-refractivity contribution is -0.0872. The fourth-order valence-corrected chi connectivity index (χ4v) is 6.89. The molecule has 46 heavy (non-hydrogen) atoms. The Morgan fingerprint density at radius 3 is 2.30 bits per heavy atom. The highest BCUT2D eigenvalue weighted by Gasteiger charge is 2.43. The van der Waals surface area contributed by atoms with E-state index in [1.54, 1.807) is 13.0 Å². The Kier molecular flexibility index (Phi) is 12.4. The van der Waals surface area contributed by atoms with Crippen LogP contribution in [0.25, 0.3) is 15.7 Å². The van der Waals surface area contributed by atoms with E-state index < -0.39 is 29.0 Å². The Balaban J connectivity index is 2.46. The van der Waals surface area contributed by atoms with E-state index in [1.165, 1.54) is 7.11 Å². The van der Waals surface area contributed by atoms with Crippen LogP contribution in [-0.2, 0) is 4.74 Å². The molecule has 0 radical (unpaired) electrons. The number of alkyl halides is 3. The number of methoxy groups -OCH3 is 1. The number of allylic oxidation sites excluding steroid dienone is 7. The normalized spacial score (nSPS) is 17.8. The topological polar surface area (TPSA) is 48.6 Å². The number of benzene rings is 1. The van der Waals surface area contributed by atoms with Gasteiger partial charge >= 0.3 is 6.18 Å². The van der Waals surface area contributed by atoms with E-state index in [1.807, 2.05) is 39.6 Å². The Morgan fingerprint density at radius 1 is 1.11 bits per heavy atom. The van der Waals surface area contributed by atoms with Gasteiger partial charge < -0.3 is 9.64 Å². The van der Waals surface area contributed by atoms with Gasteiger partial charge in [0.15, 0.2) is 5.83 Å². The highest BCUT2D eigenvalue weighted by Crippen LogP contribution is 2.49. The minimum absolute atomic E-state index is 0.00201. The van der Waals surface area contributed by atoms with Crippen LogP contribution in [0.5, 0.6) is 0 Å². The zero-order valence-corrected chi connectivity index (χ0v) is 28.9. The first-order valence-corrected chi connectivity index (χ1v) is 16.6. The summed E-state index contributed by atoms with van der Waals surface area (Å²) in [5.74, 6) is -1.58. The van der Waals surface area contributed by atoms with Gasteiger partial charge in [0.2, 0.25) is 5.88 Å². The van der Waals surface area contributed by atoms with Crippen LogP contribution in [0.2, 0.25) is 0 Å². The van der Waals surface area contributed by atoms with Gasteiger partial charge in [0.1, 0.15) is 17.6 Å². The summed E-state index contributed by atoms with van der Waals surface area (Å²) in [5.41, 5.74) is -2.10. The summed E-state index contributed by atoms with van der Waals surface area (Å²) in [7, 11) is 3.17. The second kappa shape index (κ2) is 15.4. The molecule has 2 unspecified atom stereocenters. The van der Waals surface area contributed by atoms with E-state index in [2.05, 4.69) is 24.9 Å². The van der Waals surface area contributed by atoms with Crippen molar-refractivity contribution in [2.45, 2.75) is 98.7 Å². The maximum Gasteiger partial charge on any atom is 0.417 e. The molecule has 1 aromatic carbocycles. The molecule has 4 nitrogen and oxygen atoms in total. The standard InChI is InChI=1S/C36H44F5N3OS/c1-10-13-29(45-9)43-33-25(22(7)44(8)23(12-3)15-14-21(6)11-2)18-27(36(39,40)41)31(32(33)38)24-16-17-28(37)35-30(24)26(19-42)34(46-35)20(4)5/h13,16-18,20-21,23H,10-12,14-15H2,1-9H3/b25-22+,29-13-,43-33+. The number of hydrogen-bond acceptors (Lipinski definition) is 5. The summed E-state index contributed by atoms with van der Waals surface area (Å²) < 4.78 is 82.7. The summed E-state index contributed by atoms with van der Waals surface area (Å²) in [6, 6.07) is 4.20. The second-order valence-corrected chi connectivity index (χ2v) is 13.1. The van der Waals surface area contributed by atoms with Gasteiger partial charge in [0, 0.05) is 40.2 Å². The van der Waals surface area contributed by atoms with Crippen LogP contribution in [0.15, 0.2) is 57.8 Å². The predicted octanol–water partition coefficient (Wildman–Crippen LogP) is 11.4. The second-order valence-electron chi connectivity index (χ2n) is 12.0. The fourth-order valence-electron chi connectivity index (χ4n) is 5.70. The van der Waals surface area contributed by atoms with Crippen molar-refractivity contribution in [3.63, 3.8) is 0 Å². The maximum absolute atomic E-state index is 17.1. The van der Waals surface area contributed by atoms with Crippen LogP contribution in [0.1, 0.15) is 102 Å². The maximum atomic E-state index is 17.1. The molecule has 0 N–H and O–H groups in total. The first kappa shape index (κ1) is 37.0. The minimum Gasteiger partial charge on any atom is -0.481 e. The Hall–Kier alpha value is -3.45. The molecule has 1 aromatic heterocycles. The number of halogens is 5. The van der Waals surface area contributed by atoms with Crippen LogP contribution in [0.3, 0.4) is 0 Å². The highest BCUT2D eigenvalue weighted by atomic mass is 32.1. The molecule has 2 atom stereocenters. The summed E-state index contributed by atoms with van der Waals surface area (Å²) in [6.45, 7) is 13.4. The summed E-state index contributed by atoms with van der Waals surface area (Å²) >= 11 is 0.998. The highest BCUT2D eigenvalue weighted by molar-refractivity contribution is 7.19. The number of aliphatic imine (C=N–C) groups is 1. The van der Waals surface area contributed by atoms with Crippen LogP contribution in [-0.4, -0.2) is 37.0 Å². The third-order valence-electron chi connectivity index (χ3n) is 8.71. The number of nitrogens with zero attached hydrogens (tertiary/aromatic N) is 3. The van der Waals surface area contributed by atoms with Crippen molar-refractivity contribution in [1.82, 2.24) is 4.90 Å². The van der Waals surface area contributed by atoms with Gasteiger partial charge in [-0.25, -0.2) is 13.8 Å². The van der Waals surface area contributed by atoms with E-state index in [9.17, 15) is 5.26 Å². The summed E-state index contributed by atoms with van der Waals surface area (Å²) in [5, 5.41) is 10.1. The molecule has 0 amide bonds. The van der Waals surface area contributed by atoms with Gasteiger partial charge in [-0.05, 0) is 68.2 Å². The molecule has 0 spiro atoms. The third-order valence-corrected chi connectivity index (χ3v) is 10.2. The first-order chi connectivity index (χ1) is 21.7. The number of fused-ring (bicyclic) bond motifs is 1. The number of nitriles is 1. The van der Waals surface area contributed by atoms with Crippen LogP contribution in [0.4, 0.5) is 22.0 Å².